The summed E-state index contributed by atoms with van der Waals surface area (Å²) in [6.45, 7) is 3.80. The van der Waals surface area contributed by atoms with Gasteiger partial charge in [0.25, 0.3) is 0 Å². The number of H-pyrrole nitrogens is 1. The van der Waals surface area contributed by atoms with E-state index in [1.807, 2.05) is 31.2 Å². The summed E-state index contributed by atoms with van der Waals surface area (Å²) in [6.07, 6.45) is 2.44. The summed E-state index contributed by atoms with van der Waals surface area (Å²) in [5.74, 6) is -4.52. The van der Waals surface area contributed by atoms with E-state index in [0.29, 0.717) is 18.4 Å². The van der Waals surface area contributed by atoms with E-state index in [9.17, 15) is 29.1 Å². The fourth-order valence-corrected chi connectivity index (χ4v) is 4.42. The molecule has 0 radical (unpaired) electrons. The van der Waals surface area contributed by atoms with Crippen LogP contribution in [0, 0.1) is 5.92 Å². The van der Waals surface area contributed by atoms with Crippen LogP contribution in [0.3, 0.4) is 0 Å². The molecule has 4 amide bonds. The minimum Gasteiger partial charge on any atom is -0.480 e. The minimum atomic E-state index is -1.28. The first-order valence-corrected chi connectivity index (χ1v) is 14.1. The van der Waals surface area contributed by atoms with E-state index in [1.54, 1.807) is 13.1 Å². The molecule has 0 saturated carbocycles. The van der Waals surface area contributed by atoms with Crippen LogP contribution in [0.2, 0.25) is 0 Å². The number of fused-ring (bicyclic) bond motifs is 1. The molecule has 1 aromatic carbocycles. The third-order valence-corrected chi connectivity index (χ3v) is 7.12. The Balaban J connectivity index is 2.16. The van der Waals surface area contributed by atoms with Crippen molar-refractivity contribution in [3.05, 3.63) is 36.0 Å². The number of carboxylic acids is 1. The summed E-state index contributed by atoms with van der Waals surface area (Å²) in [5, 5.41) is 18.4. The number of carboxylic acid groups (broad SMARTS) is 1. The maximum Gasteiger partial charge on any atom is 0.326 e. The van der Waals surface area contributed by atoms with Gasteiger partial charge in [0.05, 0.1) is 6.04 Å². The second-order valence-corrected chi connectivity index (χ2v) is 10.5. The molecule has 43 heavy (non-hydrogen) atoms. The van der Waals surface area contributed by atoms with Crippen LogP contribution in [-0.2, 0) is 30.4 Å². The number of nitrogens with one attached hydrogen (secondary N) is 4. The van der Waals surface area contributed by atoms with E-state index in [4.69, 9.17) is 22.9 Å². The van der Waals surface area contributed by atoms with E-state index >= 15 is 0 Å². The molecule has 0 bridgehead atoms. The van der Waals surface area contributed by atoms with Crippen molar-refractivity contribution >= 4 is 46.5 Å². The molecule has 236 valence electrons. The van der Waals surface area contributed by atoms with Crippen molar-refractivity contribution in [1.82, 2.24) is 20.9 Å². The van der Waals surface area contributed by atoms with Crippen LogP contribution in [0.15, 0.2) is 35.5 Å². The maximum atomic E-state index is 13.4. The highest BCUT2D eigenvalue weighted by Crippen LogP contribution is 2.19. The third-order valence-electron chi connectivity index (χ3n) is 7.12. The van der Waals surface area contributed by atoms with Gasteiger partial charge in [-0.3, -0.25) is 24.2 Å². The Morgan fingerprint density at radius 1 is 0.953 bits per heavy atom. The highest BCUT2D eigenvalue weighted by atomic mass is 16.4. The van der Waals surface area contributed by atoms with Crippen LogP contribution in [0.1, 0.15) is 51.5 Å². The van der Waals surface area contributed by atoms with Crippen LogP contribution in [-0.4, -0.2) is 76.4 Å². The molecule has 0 fully saturated rings. The summed E-state index contributed by atoms with van der Waals surface area (Å²) >= 11 is 0. The van der Waals surface area contributed by atoms with Gasteiger partial charge in [0, 0.05) is 36.5 Å². The fraction of sp³-hybridized carbons (Fsp3) is 0.500. The molecule has 1 heterocycles. The Morgan fingerprint density at radius 3 is 2.26 bits per heavy atom. The van der Waals surface area contributed by atoms with Gasteiger partial charge < -0.3 is 49.0 Å². The third kappa shape index (κ3) is 10.9. The van der Waals surface area contributed by atoms with E-state index in [-0.39, 0.29) is 38.2 Å². The Labute approximate surface area is 249 Å². The summed E-state index contributed by atoms with van der Waals surface area (Å²) < 4.78 is 0. The molecule has 2 aromatic rings. The average Bonchev–Trinajstić information content (AvgIpc) is 3.37. The Morgan fingerprint density at radius 2 is 1.63 bits per heavy atom. The number of aliphatic imine (C=N–C) groups is 1. The number of aromatic nitrogens is 1. The lowest BCUT2D eigenvalue weighted by Crippen LogP contribution is -2.59. The number of carbonyl (C=O) groups is 5. The quantitative estimate of drug-likeness (QED) is 0.0571. The lowest BCUT2D eigenvalue weighted by Gasteiger charge is -2.28. The molecule has 0 spiro atoms. The monoisotopic (exact) mass is 601 g/mol. The predicted octanol–water partition coefficient (Wildman–Crippen LogP) is -1.06. The Hall–Kier alpha value is -4.66. The second-order valence-electron chi connectivity index (χ2n) is 10.5. The van der Waals surface area contributed by atoms with Crippen molar-refractivity contribution < 1.29 is 29.1 Å². The second kappa shape index (κ2) is 16.7. The number of carbonyl (C=O) groups excluding carboxylic acids is 4. The van der Waals surface area contributed by atoms with Crippen LogP contribution in [0.4, 0.5) is 0 Å². The van der Waals surface area contributed by atoms with Crippen LogP contribution < -0.4 is 38.9 Å². The summed E-state index contributed by atoms with van der Waals surface area (Å²) in [4.78, 5) is 70.0. The van der Waals surface area contributed by atoms with Gasteiger partial charge in [-0.15, -0.1) is 0 Å². The standard InChI is InChI=1S/C28H43N9O6/c1-3-15(2)23(26(41)36-21(27(42)43)13-16-14-34-19-9-5-4-7-17(16)19)37-25(40)20(10-11-22(30)38)35-24(39)18(29)8-6-12-33-28(31)32/h4-5,7,9,14-15,18,20-21,23,34H,3,6,8,10-13,29H2,1-2H3,(H2,30,38)(H,35,39)(H,36,41)(H,37,40)(H,42,43)(H4,31,32,33). The first kappa shape index (κ1) is 34.5. The summed E-state index contributed by atoms with van der Waals surface area (Å²) in [6, 6.07) is 2.74. The van der Waals surface area contributed by atoms with E-state index in [0.717, 1.165) is 10.9 Å². The highest BCUT2D eigenvalue weighted by Gasteiger charge is 2.33. The van der Waals surface area contributed by atoms with Crippen LogP contribution >= 0.6 is 0 Å². The fourth-order valence-electron chi connectivity index (χ4n) is 4.42. The smallest absolute Gasteiger partial charge is 0.326 e. The van der Waals surface area contributed by atoms with Gasteiger partial charge in [0.15, 0.2) is 5.96 Å². The predicted molar refractivity (Wildman–Crippen MR) is 161 cm³/mol. The highest BCUT2D eigenvalue weighted by molar-refractivity contribution is 5.94. The lowest BCUT2D eigenvalue weighted by molar-refractivity contribution is -0.142. The normalized spacial score (nSPS) is 14.5. The largest absolute Gasteiger partial charge is 0.480 e. The lowest BCUT2D eigenvalue weighted by atomic mass is 9.96. The summed E-state index contributed by atoms with van der Waals surface area (Å²) in [7, 11) is 0. The van der Waals surface area contributed by atoms with Crippen molar-refractivity contribution in [1.29, 1.82) is 0 Å². The zero-order valence-electron chi connectivity index (χ0n) is 24.5. The molecule has 2 rings (SSSR count). The van der Waals surface area contributed by atoms with Gasteiger partial charge in [-0.2, -0.15) is 0 Å². The topological polar surface area (TPSA) is 274 Å². The maximum absolute atomic E-state index is 13.4. The average molecular weight is 602 g/mol. The number of hydrogen-bond acceptors (Lipinski definition) is 7. The number of rotatable bonds is 18. The van der Waals surface area contributed by atoms with Crippen LogP contribution in [0.25, 0.3) is 10.9 Å². The number of amides is 4. The molecular formula is C28H43N9O6. The zero-order valence-corrected chi connectivity index (χ0v) is 24.5. The molecule has 5 atom stereocenters. The summed E-state index contributed by atoms with van der Waals surface area (Å²) in [5.41, 5.74) is 23.3. The molecule has 0 aliphatic heterocycles. The van der Waals surface area contributed by atoms with E-state index < -0.39 is 59.7 Å². The van der Waals surface area contributed by atoms with Gasteiger partial charge in [0.1, 0.15) is 18.1 Å². The van der Waals surface area contributed by atoms with Gasteiger partial charge in [0.2, 0.25) is 23.6 Å². The number of benzene rings is 1. The number of aromatic amines is 1. The molecule has 0 aliphatic rings. The van der Waals surface area contributed by atoms with Crippen molar-refractivity contribution in [3.8, 4) is 0 Å². The molecular weight excluding hydrogens is 558 g/mol. The van der Waals surface area contributed by atoms with Crippen LogP contribution in [0.5, 0.6) is 0 Å². The van der Waals surface area contributed by atoms with Crippen molar-refractivity contribution in [2.75, 3.05) is 6.54 Å². The molecule has 15 nitrogen and oxygen atoms in total. The SMILES string of the molecule is CCC(C)C(NC(=O)C(CCC(N)=O)NC(=O)C(N)CCCN=C(N)N)C(=O)NC(Cc1c[nH]c2ccccc12)C(=O)O. The zero-order chi connectivity index (χ0) is 32.1. The number of nitrogens with zero attached hydrogens (tertiary/aromatic N) is 1. The molecule has 0 aliphatic carbocycles. The number of para-hydroxylation sites is 1. The van der Waals surface area contributed by atoms with Crippen molar-refractivity contribution in [2.24, 2.45) is 33.8 Å². The molecule has 13 N–H and O–H groups in total. The molecule has 0 saturated heterocycles. The van der Waals surface area contributed by atoms with Gasteiger partial charge >= 0.3 is 5.97 Å². The number of nitrogens with two attached hydrogens (primary N) is 4. The number of guanidine groups is 1. The van der Waals surface area contributed by atoms with Gasteiger partial charge in [-0.1, -0.05) is 38.5 Å². The first-order valence-electron chi connectivity index (χ1n) is 14.1. The molecule has 5 unspecified atom stereocenters. The molecule has 15 heteroatoms. The van der Waals surface area contributed by atoms with Gasteiger partial charge in [-0.25, -0.2) is 4.79 Å². The number of hydrogen-bond donors (Lipinski definition) is 9. The van der Waals surface area contributed by atoms with E-state index in [2.05, 4.69) is 25.9 Å². The molecule has 1 aromatic heterocycles. The number of aliphatic carboxylic acids is 1. The van der Waals surface area contributed by atoms with E-state index in [1.165, 1.54) is 0 Å². The Kier molecular flexibility index (Phi) is 13.4. The number of primary amides is 1. The Bertz CT molecular complexity index is 1310. The van der Waals surface area contributed by atoms with Crippen molar-refractivity contribution in [3.63, 3.8) is 0 Å². The van der Waals surface area contributed by atoms with Gasteiger partial charge in [-0.05, 0) is 36.8 Å². The first-order chi connectivity index (χ1) is 20.3. The minimum absolute atomic E-state index is 0.00459. The van der Waals surface area contributed by atoms with Crippen molar-refractivity contribution in [2.45, 2.75) is 76.5 Å².